The first-order chi connectivity index (χ1) is 15.8. The highest BCUT2D eigenvalue weighted by atomic mass is 35.5. The summed E-state index contributed by atoms with van der Waals surface area (Å²) in [6.45, 7) is -0.00587. The Morgan fingerprint density at radius 2 is 1.88 bits per heavy atom. The maximum absolute atomic E-state index is 12.8. The van der Waals surface area contributed by atoms with Gasteiger partial charge in [0.25, 0.3) is 5.91 Å². The molecule has 0 unspecified atom stereocenters. The van der Waals surface area contributed by atoms with Crippen LogP contribution in [0.1, 0.15) is 0 Å². The van der Waals surface area contributed by atoms with Gasteiger partial charge in [0.15, 0.2) is 12.3 Å². The van der Waals surface area contributed by atoms with Gasteiger partial charge < -0.3 is 20.7 Å². The van der Waals surface area contributed by atoms with Crippen LogP contribution < -0.4 is 26.4 Å². The first kappa shape index (κ1) is 21.0. The van der Waals surface area contributed by atoms with E-state index in [1.807, 2.05) is 0 Å². The number of nitrogens with one attached hydrogen (secondary N) is 1. The van der Waals surface area contributed by atoms with Crippen LogP contribution in [0, 0.1) is 0 Å². The van der Waals surface area contributed by atoms with E-state index in [9.17, 15) is 9.59 Å². The molecule has 0 saturated heterocycles. The number of hydrogen-bond donors (Lipinski definition) is 2. The predicted octanol–water partition coefficient (Wildman–Crippen LogP) is 3.16. The number of hydrogen-bond acceptors (Lipinski definition) is 8. The molecule has 0 saturated carbocycles. The minimum Gasteiger partial charge on any atom is -0.482 e. The maximum Gasteiger partial charge on any atom is 0.355 e. The zero-order valence-corrected chi connectivity index (χ0v) is 18.6. The van der Waals surface area contributed by atoms with Crippen LogP contribution in [0.15, 0.2) is 47.4 Å². The van der Waals surface area contributed by atoms with Gasteiger partial charge in [-0.3, -0.25) is 4.79 Å². The molecule has 0 spiro atoms. The van der Waals surface area contributed by atoms with Crippen molar-refractivity contribution in [3.05, 3.63) is 63.1 Å². The third-order valence-electron chi connectivity index (χ3n) is 5.14. The molecule has 0 atom stereocenters. The fourth-order valence-corrected chi connectivity index (χ4v) is 4.03. The van der Waals surface area contributed by atoms with Crippen molar-refractivity contribution >= 4 is 63.3 Å². The van der Waals surface area contributed by atoms with Gasteiger partial charge in [-0.05, 0) is 30.3 Å². The summed E-state index contributed by atoms with van der Waals surface area (Å²) in [5.74, 6) is 0.678. The summed E-state index contributed by atoms with van der Waals surface area (Å²) in [5.41, 5.74) is 7.12. The van der Waals surface area contributed by atoms with E-state index in [4.69, 9.17) is 33.7 Å². The van der Waals surface area contributed by atoms with Crippen molar-refractivity contribution in [2.45, 2.75) is 0 Å². The van der Waals surface area contributed by atoms with Gasteiger partial charge in [-0.1, -0.05) is 29.3 Å². The largest absolute Gasteiger partial charge is 0.482 e. The second-order valence-corrected chi connectivity index (χ2v) is 7.98. The Balaban J connectivity index is 1.54. The molecule has 0 aliphatic carbocycles. The number of benzene rings is 2. The molecule has 1 aliphatic rings. The van der Waals surface area contributed by atoms with Gasteiger partial charge >= 0.3 is 5.69 Å². The van der Waals surface area contributed by atoms with E-state index in [1.54, 1.807) is 43.4 Å². The smallest absolute Gasteiger partial charge is 0.355 e. The van der Waals surface area contributed by atoms with Crippen molar-refractivity contribution in [3.63, 3.8) is 0 Å². The van der Waals surface area contributed by atoms with Crippen LogP contribution in [-0.4, -0.2) is 39.1 Å². The summed E-state index contributed by atoms with van der Waals surface area (Å²) in [4.78, 5) is 38.8. The van der Waals surface area contributed by atoms with Crippen LogP contribution >= 0.6 is 23.2 Å². The molecule has 0 fully saturated rings. The SMILES string of the molecule is CN1C(=O)COc2ccc(Nc3ncc4c(N)n(-c5c(Cl)cccc5Cl)c(=O)nc4n3)cc21. The number of carbonyl (C=O) groups excluding carboxylic acids is 1. The monoisotopic (exact) mass is 483 g/mol. The summed E-state index contributed by atoms with van der Waals surface area (Å²) in [5, 5.41) is 3.88. The van der Waals surface area contributed by atoms with E-state index in [2.05, 4.69) is 20.3 Å². The first-order valence-electron chi connectivity index (χ1n) is 9.63. The van der Waals surface area contributed by atoms with Crippen LogP contribution in [0.4, 0.5) is 23.1 Å². The number of nitrogens with zero attached hydrogens (tertiary/aromatic N) is 5. The summed E-state index contributed by atoms with van der Waals surface area (Å²) in [6, 6.07) is 10.1. The Labute approximate surface area is 196 Å². The molecule has 10 nitrogen and oxygen atoms in total. The van der Waals surface area contributed by atoms with Crippen molar-refractivity contribution in [1.82, 2.24) is 19.5 Å². The van der Waals surface area contributed by atoms with E-state index in [-0.39, 0.29) is 45.7 Å². The third-order valence-corrected chi connectivity index (χ3v) is 5.75. The summed E-state index contributed by atoms with van der Waals surface area (Å²) in [7, 11) is 1.67. The van der Waals surface area contributed by atoms with E-state index in [0.29, 0.717) is 22.5 Å². The predicted molar refractivity (Wildman–Crippen MR) is 126 cm³/mol. The van der Waals surface area contributed by atoms with Gasteiger partial charge in [-0.15, -0.1) is 0 Å². The minimum absolute atomic E-state index is 0.00587. The third kappa shape index (κ3) is 3.59. The second-order valence-electron chi connectivity index (χ2n) is 7.17. The van der Waals surface area contributed by atoms with E-state index < -0.39 is 5.69 Å². The van der Waals surface area contributed by atoms with Crippen molar-refractivity contribution in [3.8, 4) is 11.4 Å². The maximum atomic E-state index is 12.8. The Bertz CT molecular complexity index is 1490. The van der Waals surface area contributed by atoms with Gasteiger partial charge in [-0.25, -0.2) is 14.3 Å². The Kier molecular flexibility index (Phi) is 5.03. The fraction of sp³-hybridized carbons (Fsp3) is 0.0952. The normalized spacial score (nSPS) is 13.1. The number of para-hydroxylation sites is 1. The van der Waals surface area contributed by atoms with Gasteiger partial charge in [0.05, 0.1) is 26.8 Å². The van der Waals surface area contributed by atoms with Crippen molar-refractivity contribution < 1.29 is 9.53 Å². The molecule has 166 valence electrons. The zero-order valence-electron chi connectivity index (χ0n) is 17.0. The molecule has 3 N–H and O–H groups in total. The number of nitrogens with two attached hydrogens (primary N) is 1. The number of aromatic nitrogens is 4. The Hall–Kier alpha value is -3.89. The number of fused-ring (bicyclic) bond motifs is 2. The van der Waals surface area contributed by atoms with Gasteiger partial charge in [-0.2, -0.15) is 9.97 Å². The van der Waals surface area contributed by atoms with E-state index in [1.165, 1.54) is 11.1 Å². The minimum atomic E-state index is -0.689. The number of ether oxygens (including phenoxy) is 1. The van der Waals surface area contributed by atoms with Gasteiger partial charge in [0.1, 0.15) is 11.6 Å². The van der Waals surface area contributed by atoms with Gasteiger partial charge in [0.2, 0.25) is 5.95 Å². The Morgan fingerprint density at radius 1 is 1.12 bits per heavy atom. The summed E-state index contributed by atoms with van der Waals surface area (Å²) < 4.78 is 6.55. The highest BCUT2D eigenvalue weighted by Crippen LogP contribution is 2.34. The number of likely N-dealkylation sites (N-methyl/N-ethyl adjacent to an activating group) is 1. The van der Waals surface area contributed by atoms with Crippen LogP contribution in [-0.2, 0) is 4.79 Å². The molecule has 1 aliphatic heterocycles. The number of rotatable bonds is 3. The van der Waals surface area contributed by atoms with Gasteiger partial charge in [0, 0.05) is 18.9 Å². The molecule has 3 heterocycles. The van der Waals surface area contributed by atoms with Crippen molar-refractivity contribution in [2.75, 3.05) is 29.6 Å². The highest BCUT2D eigenvalue weighted by molar-refractivity contribution is 6.37. The molecule has 0 bridgehead atoms. The average Bonchev–Trinajstić information content (AvgIpc) is 2.78. The van der Waals surface area contributed by atoms with Crippen LogP contribution in [0.25, 0.3) is 16.7 Å². The molecule has 2 aromatic heterocycles. The molecule has 2 aromatic carbocycles. The quantitative estimate of drug-likeness (QED) is 0.454. The number of nitrogen functional groups attached to an aromatic ring is 1. The lowest BCUT2D eigenvalue weighted by Crippen LogP contribution is -2.35. The lowest BCUT2D eigenvalue weighted by molar-refractivity contribution is -0.120. The van der Waals surface area contributed by atoms with E-state index >= 15 is 0 Å². The first-order valence-corrected chi connectivity index (χ1v) is 10.4. The van der Waals surface area contributed by atoms with Crippen LogP contribution in [0.5, 0.6) is 5.75 Å². The van der Waals surface area contributed by atoms with Crippen molar-refractivity contribution in [2.24, 2.45) is 0 Å². The zero-order chi connectivity index (χ0) is 23.3. The molecular weight excluding hydrogens is 469 g/mol. The number of halogens is 2. The molecule has 1 amide bonds. The van der Waals surface area contributed by atoms with E-state index in [0.717, 1.165) is 4.57 Å². The number of amides is 1. The second kappa shape index (κ2) is 7.91. The summed E-state index contributed by atoms with van der Waals surface area (Å²) in [6.07, 6.45) is 1.45. The Morgan fingerprint density at radius 3 is 2.64 bits per heavy atom. The molecule has 12 heteroatoms. The lowest BCUT2D eigenvalue weighted by Gasteiger charge is -2.26. The van der Waals surface area contributed by atoms with Crippen LogP contribution in [0.2, 0.25) is 10.0 Å². The molecule has 0 radical (unpaired) electrons. The number of carbonyl (C=O) groups is 1. The molecule has 5 rings (SSSR count). The molecule has 33 heavy (non-hydrogen) atoms. The lowest BCUT2D eigenvalue weighted by atomic mass is 10.2. The fourth-order valence-electron chi connectivity index (χ4n) is 3.46. The molecular formula is C21H15Cl2N7O3. The summed E-state index contributed by atoms with van der Waals surface area (Å²) >= 11 is 12.5. The molecule has 4 aromatic rings. The average molecular weight is 484 g/mol. The topological polar surface area (TPSA) is 128 Å². The number of anilines is 4. The van der Waals surface area contributed by atoms with Crippen LogP contribution in [0.3, 0.4) is 0 Å². The standard InChI is InChI=1S/C21H15Cl2N7O3/c1-29-14-7-10(5-6-15(14)33-9-16(29)31)26-20-25-8-11-18(24)30(21(32)28-19(11)27-20)17-12(22)3-2-4-13(17)23/h2-8H,9,24H2,1H3,(H,26,27,28,32). The highest BCUT2D eigenvalue weighted by Gasteiger charge is 2.23. The van der Waals surface area contributed by atoms with Crippen molar-refractivity contribution in [1.29, 1.82) is 0 Å².